The number of hydrogen-bond donors (Lipinski definition) is 0. The zero-order chi connectivity index (χ0) is 15.7. The van der Waals surface area contributed by atoms with Crippen molar-refractivity contribution in [3.63, 3.8) is 0 Å². The van der Waals surface area contributed by atoms with Gasteiger partial charge in [-0.15, -0.1) is 0 Å². The summed E-state index contributed by atoms with van der Waals surface area (Å²) < 4.78 is 1.92. The summed E-state index contributed by atoms with van der Waals surface area (Å²) in [5.41, 5.74) is -1.24. The van der Waals surface area contributed by atoms with Crippen LogP contribution in [-0.4, -0.2) is 19.8 Å². The second kappa shape index (κ2) is 5.16. The van der Waals surface area contributed by atoms with Gasteiger partial charge in [-0.3, -0.25) is 28.8 Å². The van der Waals surface area contributed by atoms with Crippen molar-refractivity contribution in [1.82, 2.24) is 9.13 Å². The van der Waals surface area contributed by atoms with Gasteiger partial charge in [-0.25, -0.2) is 4.79 Å². The molecule has 0 unspecified atom stereocenters. The number of nitro benzene ring substituents is 1. The van der Waals surface area contributed by atoms with Crippen molar-refractivity contribution in [2.75, 3.05) is 0 Å². The topological polar surface area (TPSA) is 104 Å². The fraction of sp³-hybridized carbons (Fsp3) is 0.154. The number of nitrogens with zero attached hydrogens (tertiary/aromatic N) is 3. The van der Waals surface area contributed by atoms with Gasteiger partial charge in [0, 0.05) is 25.4 Å². The van der Waals surface area contributed by atoms with Gasteiger partial charge in [0.2, 0.25) is 0 Å². The molecule has 0 aliphatic carbocycles. The Morgan fingerprint density at radius 3 is 2.24 bits per heavy atom. The Bertz CT molecular complexity index is 846. The molecule has 0 aliphatic rings. The maximum Gasteiger partial charge on any atom is 0.335 e. The molecule has 0 fully saturated rings. The first-order chi connectivity index (χ1) is 9.82. The number of aromatic nitrogens is 2. The normalized spacial score (nSPS) is 10.4. The molecule has 8 heteroatoms. The van der Waals surface area contributed by atoms with Crippen LogP contribution >= 0.6 is 0 Å². The first-order valence-electron chi connectivity index (χ1n) is 5.91. The molecule has 21 heavy (non-hydrogen) atoms. The molecule has 0 N–H and O–H groups in total. The Morgan fingerprint density at radius 2 is 1.76 bits per heavy atom. The fourth-order valence-corrected chi connectivity index (χ4v) is 1.83. The molecule has 0 saturated carbocycles. The van der Waals surface area contributed by atoms with Crippen molar-refractivity contribution in [3.8, 4) is 5.69 Å². The molecule has 0 spiro atoms. The van der Waals surface area contributed by atoms with E-state index in [0.29, 0.717) is 5.69 Å². The highest BCUT2D eigenvalue weighted by Crippen LogP contribution is 2.14. The summed E-state index contributed by atoms with van der Waals surface area (Å²) in [4.78, 5) is 45.3. The van der Waals surface area contributed by atoms with Gasteiger partial charge in [0.15, 0.2) is 5.78 Å². The van der Waals surface area contributed by atoms with Crippen LogP contribution in [0.15, 0.2) is 40.1 Å². The minimum absolute atomic E-state index is 0.122. The molecule has 1 heterocycles. The zero-order valence-electron chi connectivity index (χ0n) is 11.3. The first kappa shape index (κ1) is 14.4. The van der Waals surface area contributed by atoms with E-state index in [1.807, 2.05) is 0 Å². The predicted molar refractivity (Wildman–Crippen MR) is 73.9 cm³/mol. The lowest BCUT2D eigenvalue weighted by Crippen LogP contribution is -2.39. The summed E-state index contributed by atoms with van der Waals surface area (Å²) in [6.07, 6.45) is 1.15. The smallest absolute Gasteiger partial charge is 0.294 e. The molecule has 2 rings (SSSR count). The van der Waals surface area contributed by atoms with E-state index in [9.17, 15) is 24.5 Å². The molecule has 0 amide bonds. The van der Waals surface area contributed by atoms with Gasteiger partial charge in [-0.1, -0.05) is 0 Å². The van der Waals surface area contributed by atoms with Crippen molar-refractivity contribution in [2.24, 2.45) is 7.05 Å². The Labute approximate surface area is 118 Å². The van der Waals surface area contributed by atoms with Crippen LogP contribution in [0.25, 0.3) is 5.69 Å². The summed E-state index contributed by atoms with van der Waals surface area (Å²) >= 11 is 0. The molecule has 1 aromatic carbocycles. The van der Waals surface area contributed by atoms with E-state index in [-0.39, 0.29) is 11.3 Å². The number of carbonyl (C=O) groups excluding carboxylic acids is 1. The largest absolute Gasteiger partial charge is 0.335 e. The monoisotopic (exact) mass is 289 g/mol. The molecule has 0 aliphatic heterocycles. The minimum atomic E-state index is -0.675. The number of rotatable bonds is 3. The summed E-state index contributed by atoms with van der Waals surface area (Å²) in [5.74, 6) is -0.466. The molecule has 8 nitrogen and oxygen atoms in total. The lowest BCUT2D eigenvalue weighted by atomic mass is 10.2. The van der Waals surface area contributed by atoms with Gasteiger partial charge in [-0.2, -0.15) is 0 Å². The molecule has 2 aromatic rings. The van der Waals surface area contributed by atoms with Crippen LogP contribution in [0, 0.1) is 10.1 Å². The molecular formula is C13H11N3O5. The average Bonchev–Trinajstić information content (AvgIpc) is 2.45. The van der Waals surface area contributed by atoms with Gasteiger partial charge in [0.05, 0.1) is 16.2 Å². The Morgan fingerprint density at radius 1 is 1.19 bits per heavy atom. The third kappa shape index (κ3) is 2.50. The lowest BCUT2D eigenvalue weighted by molar-refractivity contribution is -0.384. The summed E-state index contributed by atoms with van der Waals surface area (Å²) in [6, 6.07) is 5.21. The predicted octanol–water partition coefficient (Wildman–Crippen LogP) is 0.647. The first-order valence-corrected chi connectivity index (χ1v) is 5.91. The van der Waals surface area contributed by atoms with Gasteiger partial charge < -0.3 is 0 Å². The highest BCUT2D eigenvalue weighted by Gasteiger charge is 2.14. The average molecular weight is 289 g/mol. The van der Waals surface area contributed by atoms with Crippen molar-refractivity contribution in [1.29, 1.82) is 0 Å². The maximum absolute atomic E-state index is 12.1. The standard InChI is InChI=1S/C13H11N3O5/c1-8(17)11-7-15(13(19)14(2)12(11)18)9-3-5-10(6-4-9)16(20)21/h3-7H,1-2H3. The number of non-ortho nitro benzene ring substituents is 1. The molecule has 0 atom stereocenters. The van der Waals surface area contributed by atoms with Crippen molar-refractivity contribution in [3.05, 3.63) is 67.0 Å². The fourth-order valence-electron chi connectivity index (χ4n) is 1.83. The Kier molecular flexibility index (Phi) is 3.53. The third-order valence-corrected chi connectivity index (χ3v) is 3.00. The van der Waals surface area contributed by atoms with E-state index in [1.54, 1.807) is 0 Å². The second-order valence-electron chi connectivity index (χ2n) is 4.39. The van der Waals surface area contributed by atoms with Crippen molar-refractivity contribution < 1.29 is 9.72 Å². The van der Waals surface area contributed by atoms with Gasteiger partial charge >= 0.3 is 5.69 Å². The zero-order valence-corrected chi connectivity index (χ0v) is 11.3. The van der Waals surface area contributed by atoms with Gasteiger partial charge in [-0.05, 0) is 19.1 Å². The van der Waals surface area contributed by atoms with Crippen LogP contribution in [0.4, 0.5) is 5.69 Å². The molecule has 0 bridgehead atoms. The van der Waals surface area contributed by atoms with Crippen LogP contribution in [0.1, 0.15) is 17.3 Å². The number of ketones is 1. The SMILES string of the molecule is CC(=O)c1cn(-c2ccc([N+](=O)[O-])cc2)c(=O)n(C)c1=O. The van der Waals surface area contributed by atoms with E-state index < -0.39 is 22.0 Å². The van der Waals surface area contributed by atoms with E-state index in [2.05, 4.69) is 0 Å². The third-order valence-electron chi connectivity index (χ3n) is 3.00. The van der Waals surface area contributed by atoms with E-state index in [4.69, 9.17) is 0 Å². The number of carbonyl (C=O) groups is 1. The van der Waals surface area contributed by atoms with E-state index in [1.165, 1.54) is 38.2 Å². The molecular weight excluding hydrogens is 278 g/mol. The van der Waals surface area contributed by atoms with Crippen molar-refractivity contribution >= 4 is 11.5 Å². The molecule has 0 saturated heterocycles. The second-order valence-corrected chi connectivity index (χ2v) is 4.39. The number of Topliss-reactive ketones (excluding diaryl/α,β-unsaturated/α-hetero) is 1. The van der Waals surface area contributed by atoms with Crippen LogP contribution in [0.5, 0.6) is 0 Å². The quantitative estimate of drug-likeness (QED) is 0.468. The van der Waals surface area contributed by atoms with Crippen LogP contribution < -0.4 is 11.2 Å². The Balaban J connectivity index is 2.69. The van der Waals surface area contributed by atoms with Crippen molar-refractivity contribution in [2.45, 2.75) is 6.92 Å². The van der Waals surface area contributed by atoms with Gasteiger partial charge in [0.1, 0.15) is 0 Å². The number of nitro groups is 1. The van der Waals surface area contributed by atoms with E-state index in [0.717, 1.165) is 15.3 Å². The highest BCUT2D eigenvalue weighted by atomic mass is 16.6. The Hall–Kier alpha value is -3.03. The number of hydrogen-bond acceptors (Lipinski definition) is 5. The van der Waals surface area contributed by atoms with Crippen LogP contribution in [0.2, 0.25) is 0 Å². The van der Waals surface area contributed by atoms with E-state index >= 15 is 0 Å². The summed E-state index contributed by atoms with van der Waals surface area (Å²) in [7, 11) is 1.26. The number of benzene rings is 1. The highest BCUT2D eigenvalue weighted by molar-refractivity contribution is 5.93. The minimum Gasteiger partial charge on any atom is -0.294 e. The molecule has 1 aromatic heterocycles. The molecule has 108 valence electrons. The molecule has 0 radical (unpaired) electrons. The summed E-state index contributed by atoms with van der Waals surface area (Å²) in [6.45, 7) is 1.22. The maximum atomic E-state index is 12.1. The lowest BCUT2D eigenvalue weighted by Gasteiger charge is -2.09. The summed E-state index contributed by atoms with van der Waals surface area (Å²) in [5, 5.41) is 10.6. The van der Waals surface area contributed by atoms with Gasteiger partial charge in [0.25, 0.3) is 11.2 Å². The van der Waals surface area contributed by atoms with Crippen LogP contribution in [-0.2, 0) is 7.05 Å². The van der Waals surface area contributed by atoms with Crippen LogP contribution in [0.3, 0.4) is 0 Å².